The molecule has 3 heterocycles. The quantitative estimate of drug-likeness (QED) is 0.768. The van der Waals surface area contributed by atoms with Crippen LogP contribution in [-0.4, -0.2) is 39.5 Å². The number of aromatic amines is 1. The number of nitrogens with one attached hydrogen (secondary N) is 2. The number of hydrogen-bond acceptors (Lipinski definition) is 4. The third-order valence-corrected chi connectivity index (χ3v) is 4.51. The molecule has 0 radical (unpaired) electrons. The van der Waals surface area contributed by atoms with E-state index in [4.69, 9.17) is 4.42 Å². The van der Waals surface area contributed by atoms with Crippen LogP contribution in [0.4, 0.5) is 5.69 Å². The van der Waals surface area contributed by atoms with Crippen LogP contribution in [0.15, 0.2) is 47.2 Å². The number of H-pyrrole nitrogens is 1. The van der Waals surface area contributed by atoms with E-state index in [2.05, 4.69) is 15.5 Å². The Morgan fingerprint density at radius 3 is 3.04 bits per heavy atom. The van der Waals surface area contributed by atoms with Crippen LogP contribution in [0, 0.1) is 0 Å². The van der Waals surface area contributed by atoms with Crippen LogP contribution in [0.1, 0.15) is 29.8 Å². The van der Waals surface area contributed by atoms with E-state index < -0.39 is 6.04 Å². The minimum Gasteiger partial charge on any atom is -0.459 e. The molecule has 0 aliphatic carbocycles. The van der Waals surface area contributed by atoms with Crippen LogP contribution in [0.3, 0.4) is 0 Å². The highest BCUT2D eigenvalue weighted by molar-refractivity contribution is 6.01. The number of rotatable bonds is 3. The Morgan fingerprint density at radius 2 is 2.20 bits per heavy atom. The van der Waals surface area contributed by atoms with Crippen molar-refractivity contribution in [3.05, 3.63) is 48.6 Å². The van der Waals surface area contributed by atoms with Crippen molar-refractivity contribution in [2.45, 2.75) is 25.3 Å². The van der Waals surface area contributed by atoms with Crippen LogP contribution in [0.5, 0.6) is 0 Å². The van der Waals surface area contributed by atoms with E-state index >= 15 is 0 Å². The summed E-state index contributed by atoms with van der Waals surface area (Å²) >= 11 is 0. The number of hydrogen-bond donors (Lipinski definition) is 2. The number of fused-ring (bicyclic) bond motifs is 1. The van der Waals surface area contributed by atoms with Crippen molar-refractivity contribution in [3.8, 4) is 0 Å². The molecule has 1 atom stereocenters. The van der Waals surface area contributed by atoms with Gasteiger partial charge in [0.2, 0.25) is 5.91 Å². The van der Waals surface area contributed by atoms with Gasteiger partial charge in [-0.3, -0.25) is 14.7 Å². The third kappa shape index (κ3) is 3.00. The molecule has 1 saturated heterocycles. The molecule has 128 valence electrons. The fourth-order valence-corrected chi connectivity index (χ4v) is 3.24. The molecule has 0 unspecified atom stereocenters. The van der Waals surface area contributed by atoms with Crippen molar-refractivity contribution >= 4 is 28.4 Å². The average molecular weight is 338 g/mol. The Labute approximate surface area is 144 Å². The van der Waals surface area contributed by atoms with E-state index in [1.165, 1.54) is 6.26 Å². The standard InChI is InChI=1S/C18H18N4O3/c23-17(20-13-6-7-14-12(10-13)11-19-21-14)15-4-1-2-8-22(15)18(24)16-5-3-9-25-16/h3,5-7,9-11,15H,1-2,4,8H2,(H,19,21)(H,20,23)/t15-/m1/s1. The Kier molecular flexibility index (Phi) is 3.97. The van der Waals surface area contributed by atoms with Gasteiger partial charge in [0.15, 0.2) is 5.76 Å². The SMILES string of the molecule is O=C(Nc1ccc2[nH]ncc2c1)[C@H]1CCCCN1C(=O)c1ccco1. The first-order chi connectivity index (χ1) is 12.2. The lowest BCUT2D eigenvalue weighted by molar-refractivity contribution is -0.121. The highest BCUT2D eigenvalue weighted by Crippen LogP contribution is 2.23. The van der Waals surface area contributed by atoms with Gasteiger partial charge in [0, 0.05) is 17.6 Å². The predicted molar refractivity (Wildman–Crippen MR) is 92.1 cm³/mol. The maximum Gasteiger partial charge on any atom is 0.290 e. The Balaban J connectivity index is 1.53. The summed E-state index contributed by atoms with van der Waals surface area (Å²) in [5, 5.41) is 10.7. The summed E-state index contributed by atoms with van der Waals surface area (Å²) in [5.74, 6) is -0.155. The molecule has 1 aliphatic rings. The highest BCUT2D eigenvalue weighted by Gasteiger charge is 2.33. The van der Waals surface area contributed by atoms with Gasteiger partial charge in [-0.2, -0.15) is 5.10 Å². The van der Waals surface area contributed by atoms with E-state index in [1.807, 2.05) is 18.2 Å². The first-order valence-corrected chi connectivity index (χ1v) is 8.31. The molecule has 25 heavy (non-hydrogen) atoms. The lowest BCUT2D eigenvalue weighted by Gasteiger charge is -2.34. The summed E-state index contributed by atoms with van der Waals surface area (Å²) in [7, 11) is 0. The summed E-state index contributed by atoms with van der Waals surface area (Å²) in [4.78, 5) is 27.0. The van der Waals surface area contributed by atoms with Gasteiger partial charge in [-0.05, 0) is 49.6 Å². The second-order valence-corrected chi connectivity index (χ2v) is 6.15. The smallest absolute Gasteiger partial charge is 0.290 e. The van der Waals surface area contributed by atoms with Crippen molar-refractivity contribution in [1.82, 2.24) is 15.1 Å². The number of nitrogens with zero attached hydrogens (tertiary/aromatic N) is 2. The second kappa shape index (κ2) is 6.43. The van der Waals surface area contributed by atoms with Gasteiger partial charge in [-0.25, -0.2) is 0 Å². The molecule has 1 aliphatic heterocycles. The molecule has 7 heteroatoms. The number of aromatic nitrogens is 2. The zero-order valence-corrected chi connectivity index (χ0v) is 13.6. The van der Waals surface area contributed by atoms with Gasteiger partial charge >= 0.3 is 0 Å². The Morgan fingerprint density at radius 1 is 1.28 bits per heavy atom. The number of carbonyl (C=O) groups excluding carboxylic acids is 2. The number of amides is 2. The topological polar surface area (TPSA) is 91.2 Å². The number of carbonyl (C=O) groups is 2. The normalized spacial score (nSPS) is 17.6. The number of piperidine rings is 1. The summed E-state index contributed by atoms with van der Waals surface area (Å²) in [6, 6.07) is 8.35. The van der Waals surface area contributed by atoms with Crippen LogP contribution in [0.2, 0.25) is 0 Å². The van der Waals surface area contributed by atoms with Crippen LogP contribution in [0.25, 0.3) is 10.9 Å². The van der Waals surface area contributed by atoms with Gasteiger partial charge < -0.3 is 14.6 Å². The van der Waals surface area contributed by atoms with E-state index in [0.717, 1.165) is 23.7 Å². The predicted octanol–water partition coefficient (Wildman–Crippen LogP) is 2.79. The van der Waals surface area contributed by atoms with E-state index in [-0.39, 0.29) is 17.6 Å². The van der Waals surface area contributed by atoms with Gasteiger partial charge in [0.25, 0.3) is 5.91 Å². The molecule has 0 bridgehead atoms. The fourth-order valence-electron chi connectivity index (χ4n) is 3.24. The number of anilines is 1. The van der Waals surface area contributed by atoms with Gasteiger partial charge in [0.1, 0.15) is 6.04 Å². The fraction of sp³-hybridized carbons (Fsp3) is 0.278. The molecule has 3 aromatic rings. The van der Waals surface area contributed by atoms with Crippen LogP contribution < -0.4 is 5.32 Å². The van der Waals surface area contributed by atoms with Crippen molar-refractivity contribution in [1.29, 1.82) is 0 Å². The second-order valence-electron chi connectivity index (χ2n) is 6.15. The van der Waals surface area contributed by atoms with E-state index in [0.29, 0.717) is 18.7 Å². The molecule has 2 N–H and O–H groups in total. The van der Waals surface area contributed by atoms with Crippen LogP contribution >= 0.6 is 0 Å². The average Bonchev–Trinajstić information content (AvgIpc) is 3.32. The number of furan rings is 1. The van der Waals surface area contributed by atoms with E-state index in [1.54, 1.807) is 23.2 Å². The summed E-state index contributed by atoms with van der Waals surface area (Å²) in [6.07, 6.45) is 5.62. The zero-order valence-electron chi connectivity index (χ0n) is 13.6. The first kappa shape index (κ1) is 15.4. The van der Waals surface area contributed by atoms with Gasteiger partial charge in [-0.1, -0.05) is 0 Å². The van der Waals surface area contributed by atoms with Gasteiger partial charge in [-0.15, -0.1) is 0 Å². The molecular weight excluding hydrogens is 320 g/mol. The lowest BCUT2D eigenvalue weighted by atomic mass is 10.0. The molecule has 2 amide bonds. The molecule has 0 saturated carbocycles. The third-order valence-electron chi connectivity index (χ3n) is 4.51. The molecule has 1 aromatic carbocycles. The molecule has 1 fully saturated rings. The Bertz CT molecular complexity index is 900. The highest BCUT2D eigenvalue weighted by atomic mass is 16.3. The summed E-state index contributed by atoms with van der Waals surface area (Å²) < 4.78 is 5.20. The molecular formula is C18H18N4O3. The van der Waals surface area contributed by atoms with E-state index in [9.17, 15) is 9.59 Å². The molecule has 2 aromatic heterocycles. The van der Waals surface area contributed by atoms with Crippen molar-refractivity contribution in [2.24, 2.45) is 0 Å². The van der Waals surface area contributed by atoms with Crippen LogP contribution in [-0.2, 0) is 4.79 Å². The first-order valence-electron chi connectivity index (χ1n) is 8.31. The molecule has 4 rings (SSSR count). The minimum absolute atomic E-state index is 0.178. The number of benzene rings is 1. The summed E-state index contributed by atoms with van der Waals surface area (Å²) in [6.45, 7) is 0.554. The zero-order chi connectivity index (χ0) is 17.2. The lowest BCUT2D eigenvalue weighted by Crippen LogP contribution is -2.49. The molecule has 0 spiro atoms. The minimum atomic E-state index is -0.494. The maximum atomic E-state index is 12.8. The largest absolute Gasteiger partial charge is 0.459 e. The molecule has 7 nitrogen and oxygen atoms in total. The summed E-state index contributed by atoms with van der Waals surface area (Å²) in [5.41, 5.74) is 1.60. The van der Waals surface area contributed by atoms with Gasteiger partial charge in [0.05, 0.1) is 18.0 Å². The Hall–Kier alpha value is -3.09. The van der Waals surface area contributed by atoms with Crippen molar-refractivity contribution < 1.29 is 14.0 Å². The monoisotopic (exact) mass is 338 g/mol. The van der Waals surface area contributed by atoms with Crippen molar-refractivity contribution in [3.63, 3.8) is 0 Å². The van der Waals surface area contributed by atoms with Crippen molar-refractivity contribution in [2.75, 3.05) is 11.9 Å². The maximum absolute atomic E-state index is 12.8. The number of likely N-dealkylation sites (tertiary alicyclic amines) is 1.